The number of hydrogen-bond donors (Lipinski definition) is 0. The summed E-state index contributed by atoms with van der Waals surface area (Å²) >= 11 is 0. The Hall–Kier alpha value is -1.66. The fourth-order valence-corrected chi connectivity index (χ4v) is 1.47. The number of hydrogen-bond acceptors (Lipinski definition) is 1. The molecule has 1 atom stereocenters. The van der Waals surface area contributed by atoms with E-state index in [0.29, 0.717) is 10.5 Å². The number of nitrogens with zero attached hydrogens (tertiary/aromatic N) is 1. The highest BCUT2D eigenvalue weighted by molar-refractivity contribution is 5.84. The van der Waals surface area contributed by atoms with Crippen molar-refractivity contribution in [3.63, 3.8) is 0 Å². The lowest BCUT2D eigenvalue weighted by atomic mass is 10.1. The minimum absolute atomic E-state index is 0.363. The number of halogens is 5. The molecule has 0 heterocycles. The van der Waals surface area contributed by atoms with Crippen LogP contribution in [0, 0.1) is 5.82 Å². The first-order valence-electron chi connectivity index (χ1n) is 5.36. The molecule has 0 N–H and O–H groups in total. The number of carbonyl (C=O) groups is 1. The van der Waals surface area contributed by atoms with Crippen LogP contribution >= 0.6 is 0 Å². The maximum Gasteiger partial charge on any atom is 0.383 e. The maximum atomic E-state index is 12.9. The molecule has 0 aliphatic rings. The predicted octanol–water partition coefficient (Wildman–Crippen LogP) is 3.25. The Kier molecular flexibility index (Phi) is 4.49. The molecular weight excluding hydrogens is 269 g/mol. The molecule has 0 bridgehead atoms. The highest BCUT2D eigenvalue weighted by Crippen LogP contribution is 2.29. The van der Waals surface area contributed by atoms with E-state index in [0.717, 1.165) is 19.2 Å². The Morgan fingerprint density at radius 1 is 1.21 bits per heavy atom. The fourth-order valence-electron chi connectivity index (χ4n) is 1.47. The van der Waals surface area contributed by atoms with Gasteiger partial charge in [-0.05, 0) is 24.6 Å². The van der Waals surface area contributed by atoms with E-state index in [4.69, 9.17) is 0 Å². The topological polar surface area (TPSA) is 20.3 Å². The summed E-state index contributed by atoms with van der Waals surface area (Å²) in [5, 5.41) is 0. The molecule has 1 aromatic carbocycles. The summed E-state index contributed by atoms with van der Waals surface area (Å²) in [7, 11) is 0.993. The predicted molar refractivity (Wildman–Crippen MR) is 58.5 cm³/mol. The third kappa shape index (κ3) is 3.21. The zero-order valence-electron chi connectivity index (χ0n) is 10.2. The molecule has 7 heteroatoms. The van der Waals surface area contributed by atoms with Gasteiger partial charge in [0.15, 0.2) is 0 Å². The van der Waals surface area contributed by atoms with Gasteiger partial charge in [0, 0.05) is 7.05 Å². The van der Waals surface area contributed by atoms with Gasteiger partial charge in [-0.15, -0.1) is 0 Å². The molecule has 1 amide bonds. The van der Waals surface area contributed by atoms with Crippen molar-refractivity contribution in [2.45, 2.75) is 25.3 Å². The normalized spacial score (nSPS) is 13.5. The lowest BCUT2D eigenvalue weighted by molar-refractivity contribution is -0.181. The van der Waals surface area contributed by atoms with Crippen LogP contribution in [0.2, 0.25) is 0 Å². The lowest BCUT2D eigenvalue weighted by Crippen LogP contribution is -2.46. The van der Waals surface area contributed by atoms with Crippen LogP contribution < -0.4 is 0 Å². The van der Waals surface area contributed by atoms with Gasteiger partial charge in [0.05, 0.1) is 6.04 Å². The lowest BCUT2D eigenvalue weighted by Gasteiger charge is -2.28. The third-order valence-corrected chi connectivity index (χ3v) is 2.81. The van der Waals surface area contributed by atoms with Crippen molar-refractivity contribution in [1.82, 2.24) is 4.90 Å². The SMILES string of the molecule is CC(c1ccc(F)cc1)N(C)C(=O)C(F)(F)C(F)F. The molecule has 1 aromatic rings. The van der Waals surface area contributed by atoms with Crippen LogP contribution in [0.3, 0.4) is 0 Å². The number of amides is 1. The van der Waals surface area contributed by atoms with Crippen molar-refractivity contribution >= 4 is 5.91 Å². The Morgan fingerprint density at radius 2 is 1.68 bits per heavy atom. The molecular formula is C12H12F5NO. The summed E-state index contributed by atoms with van der Waals surface area (Å²) in [6.45, 7) is 1.38. The minimum atomic E-state index is -4.73. The number of benzene rings is 1. The third-order valence-electron chi connectivity index (χ3n) is 2.81. The quantitative estimate of drug-likeness (QED) is 0.776. The number of carbonyl (C=O) groups excluding carboxylic acids is 1. The summed E-state index contributed by atoms with van der Waals surface area (Å²) in [5.74, 6) is -7.23. The van der Waals surface area contributed by atoms with E-state index in [-0.39, 0.29) is 0 Å². The second kappa shape index (κ2) is 5.54. The van der Waals surface area contributed by atoms with Crippen molar-refractivity contribution in [2.75, 3.05) is 7.05 Å². The molecule has 106 valence electrons. The van der Waals surface area contributed by atoms with Crippen LogP contribution in [0.15, 0.2) is 24.3 Å². The molecule has 0 spiro atoms. The van der Waals surface area contributed by atoms with Crippen molar-refractivity contribution in [3.05, 3.63) is 35.6 Å². The van der Waals surface area contributed by atoms with Gasteiger partial charge >= 0.3 is 12.3 Å². The average Bonchev–Trinajstić information content (AvgIpc) is 2.36. The molecule has 0 aliphatic carbocycles. The number of rotatable bonds is 4. The Balaban J connectivity index is 2.91. The van der Waals surface area contributed by atoms with Gasteiger partial charge in [0.25, 0.3) is 5.91 Å². The standard InChI is InChI=1S/C12H12F5NO/c1-7(8-3-5-9(13)6-4-8)18(2)11(19)12(16,17)10(14)15/h3-7,10H,1-2H3. The molecule has 0 aromatic heterocycles. The molecule has 0 saturated heterocycles. The summed E-state index contributed by atoms with van der Waals surface area (Å²) in [5.41, 5.74) is 0.363. The van der Waals surface area contributed by atoms with Crippen molar-refractivity contribution < 1.29 is 26.7 Å². The maximum absolute atomic E-state index is 12.9. The highest BCUT2D eigenvalue weighted by Gasteiger charge is 2.51. The Labute approximate surface area is 106 Å². The monoisotopic (exact) mass is 281 g/mol. The van der Waals surface area contributed by atoms with Gasteiger partial charge in [-0.3, -0.25) is 4.79 Å². The number of alkyl halides is 4. The van der Waals surface area contributed by atoms with Crippen LogP contribution in [-0.4, -0.2) is 30.2 Å². The van der Waals surface area contributed by atoms with Crippen LogP contribution in [0.25, 0.3) is 0 Å². The van der Waals surface area contributed by atoms with E-state index in [1.54, 1.807) is 0 Å². The first kappa shape index (κ1) is 15.4. The van der Waals surface area contributed by atoms with E-state index in [1.807, 2.05) is 0 Å². The van der Waals surface area contributed by atoms with E-state index in [1.165, 1.54) is 19.1 Å². The van der Waals surface area contributed by atoms with Crippen molar-refractivity contribution in [2.24, 2.45) is 0 Å². The van der Waals surface area contributed by atoms with Crippen LogP contribution in [0.1, 0.15) is 18.5 Å². The molecule has 0 saturated carbocycles. The molecule has 0 fully saturated rings. The Bertz CT molecular complexity index is 446. The molecule has 0 aliphatic heterocycles. The van der Waals surface area contributed by atoms with Gasteiger partial charge in [-0.2, -0.15) is 8.78 Å². The molecule has 19 heavy (non-hydrogen) atoms. The van der Waals surface area contributed by atoms with Crippen molar-refractivity contribution in [3.8, 4) is 0 Å². The van der Waals surface area contributed by atoms with E-state index < -0.39 is 30.1 Å². The second-order valence-corrected chi connectivity index (χ2v) is 4.07. The van der Waals surface area contributed by atoms with Crippen molar-refractivity contribution in [1.29, 1.82) is 0 Å². The Morgan fingerprint density at radius 3 is 2.11 bits per heavy atom. The largest absolute Gasteiger partial charge is 0.383 e. The average molecular weight is 281 g/mol. The van der Waals surface area contributed by atoms with Gasteiger partial charge in [-0.1, -0.05) is 12.1 Å². The summed E-state index contributed by atoms with van der Waals surface area (Å²) in [4.78, 5) is 11.8. The summed E-state index contributed by atoms with van der Waals surface area (Å²) < 4.78 is 62.8. The zero-order chi connectivity index (χ0) is 14.8. The highest BCUT2D eigenvalue weighted by atomic mass is 19.3. The first-order chi connectivity index (χ1) is 8.67. The van der Waals surface area contributed by atoms with E-state index in [9.17, 15) is 26.7 Å². The van der Waals surface area contributed by atoms with Gasteiger partial charge in [0.1, 0.15) is 5.82 Å². The van der Waals surface area contributed by atoms with Gasteiger partial charge in [-0.25, -0.2) is 13.2 Å². The smallest absolute Gasteiger partial charge is 0.334 e. The second-order valence-electron chi connectivity index (χ2n) is 4.07. The van der Waals surface area contributed by atoms with Gasteiger partial charge in [0.2, 0.25) is 0 Å². The van der Waals surface area contributed by atoms with Crippen LogP contribution in [-0.2, 0) is 4.79 Å². The minimum Gasteiger partial charge on any atom is -0.334 e. The zero-order valence-corrected chi connectivity index (χ0v) is 10.2. The molecule has 1 unspecified atom stereocenters. The first-order valence-corrected chi connectivity index (χ1v) is 5.36. The van der Waals surface area contributed by atoms with Gasteiger partial charge < -0.3 is 4.90 Å². The van der Waals surface area contributed by atoms with E-state index in [2.05, 4.69) is 0 Å². The van der Waals surface area contributed by atoms with Crippen LogP contribution in [0.4, 0.5) is 22.0 Å². The fraction of sp³-hybridized carbons (Fsp3) is 0.417. The van der Waals surface area contributed by atoms with E-state index >= 15 is 0 Å². The summed E-state index contributed by atoms with van der Waals surface area (Å²) in [6.07, 6.45) is -4.07. The molecule has 2 nitrogen and oxygen atoms in total. The van der Waals surface area contributed by atoms with Crippen LogP contribution in [0.5, 0.6) is 0 Å². The molecule has 1 rings (SSSR count). The molecule has 0 radical (unpaired) electrons. The summed E-state index contributed by atoms with van der Waals surface area (Å²) in [6, 6.07) is 3.90.